The Labute approximate surface area is 132 Å². The van der Waals surface area contributed by atoms with Gasteiger partial charge in [0.25, 0.3) is 11.6 Å². The number of nitro groups is 1. The fourth-order valence-corrected chi connectivity index (χ4v) is 1.90. The third kappa shape index (κ3) is 4.40. The molecular weight excluding hydrogens is 300 g/mol. The van der Waals surface area contributed by atoms with Crippen LogP contribution >= 0.6 is 0 Å². The highest BCUT2D eigenvalue weighted by atomic mass is 16.6. The van der Waals surface area contributed by atoms with E-state index >= 15 is 0 Å². The first-order chi connectivity index (χ1) is 11.0. The number of pyridine rings is 1. The van der Waals surface area contributed by atoms with Crippen molar-refractivity contribution in [3.8, 4) is 5.75 Å². The summed E-state index contributed by atoms with van der Waals surface area (Å²) in [4.78, 5) is 25.4. The Morgan fingerprint density at radius 2 is 2.13 bits per heavy atom. The second-order valence-corrected chi connectivity index (χ2v) is 4.83. The number of aromatic nitrogens is 1. The highest BCUT2D eigenvalue weighted by Gasteiger charge is 2.16. The van der Waals surface area contributed by atoms with Crippen molar-refractivity contribution in [1.29, 1.82) is 0 Å². The number of nitrogens with zero attached hydrogens (tertiary/aromatic N) is 2. The number of primary amides is 1. The van der Waals surface area contributed by atoms with E-state index in [1.165, 1.54) is 0 Å². The van der Waals surface area contributed by atoms with Crippen LogP contribution in [0.25, 0.3) is 0 Å². The van der Waals surface area contributed by atoms with Crippen LogP contribution in [0.3, 0.4) is 0 Å². The van der Waals surface area contributed by atoms with E-state index in [0.717, 1.165) is 12.3 Å². The summed E-state index contributed by atoms with van der Waals surface area (Å²) in [5.74, 6) is 0.112. The summed E-state index contributed by atoms with van der Waals surface area (Å²) in [5.41, 5.74) is 4.91. The number of carbonyl (C=O) groups is 1. The summed E-state index contributed by atoms with van der Waals surface area (Å²) < 4.78 is 5.68. The molecule has 1 aromatic heterocycles. The molecule has 1 aromatic carbocycles. The van der Waals surface area contributed by atoms with Crippen LogP contribution in [-0.2, 0) is 0 Å². The molecule has 1 unspecified atom stereocenters. The zero-order valence-electron chi connectivity index (χ0n) is 12.4. The van der Waals surface area contributed by atoms with Crippen LogP contribution < -0.4 is 15.8 Å². The van der Waals surface area contributed by atoms with Gasteiger partial charge in [0.1, 0.15) is 23.9 Å². The molecule has 8 heteroatoms. The summed E-state index contributed by atoms with van der Waals surface area (Å²) in [6.07, 6.45) is 0.854. The molecule has 0 fully saturated rings. The number of amides is 1. The lowest BCUT2D eigenvalue weighted by Crippen LogP contribution is -2.25. The van der Waals surface area contributed by atoms with Gasteiger partial charge in [-0.2, -0.15) is 0 Å². The van der Waals surface area contributed by atoms with Crippen LogP contribution in [0.1, 0.15) is 17.3 Å². The zero-order chi connectivity index (χ0) is 16.8. The predicted octanol–water partition coefficient (Wildman–Crippen LogP) is 1.97. The number of nitrogens with one attached hydrogen (secondary N) is 1. The van der Waals surface area contributed by atoms with Gasteiger partial charge in [-0.15, -0.1) is 0 Å². The van der Waals surface area contributed by atoms with Gasteiger partial charge in [0, 0.05) is 6.07 Å². The molecule has 0 radical (unpaired) electrons. The van der Waals surface area contributed by atoms with Gasteiger partial charge in [0.2, 0.25) is 0 Å². The number of para-hydroxylation sites is 1. The maximum absolute atomic E-state index is 11.4. The molecule has 1 amide bonds. The quantitative estimate of drug-likeness (QED) is 0.595. The van der Waals surface area contributed by atoms with Crippen molar-refractivity contribution in [3.63, 3.8) is 0 Å². The summed E-state index contributed by atoms with van der Waals surface area (Å²) in [6, 6.07) is 10.4. The Kier molecular flexibility index (Phi) is 5.08. The molecule has 0 aliphatic rings. The molecule has 1 heterocycles. The van der Waals surface area contributed by atoms with Gasteiger partial charge in [-0.3, -0.25) is 14.9 Å². The molecule has 2 aromatic rings. The normalized spacial score (nSPS) is 11.5. The molecule has 23 heavy (non-hydrogen) atoms. The molecule has 0 aliphatic heterocycles. The van der Waals surface area contributed by atoms with E-state index in [0.29, 0.717) is 12.3 Å². The standard InChI is InChI=1S/C15H16N4O4/c1-10(23-12-5-3-2-4-6-12)8-17-15-13(14(16)20)7-11(9-18-15)19(21)22/h2-7,9-10H,8H2,1H3,(H2,16,20)(H,17,18). The highest BCUT2D eigenvalue weighted by molar-refractivity contribution is 5.98. The van der Waals surface area contributed by atoms with Crippen LogP contribution in [0.4, 0.5) is 11.5 Å². The number of hydrogen-bond acceptors (Lipinski definition) is 6. The van der Waals surface area contributed by atoms with Gasteiger partial charge in [0.15, 0.2) is 0 Å². The number of anilines is 1. The van der Waals surface area contributed by atoms with Crippen molar-refractivity contribution in [2.75, 3.05) is 11.9 Å². The number of carbonyl (C=O) groups excluding carboxylic acids is 1. The summed E-state index contributed by atoms with van der Waals surface area (Å²) >= 11 is 0. The Bertz CT molecular complexity index is 706. The van der Waals surface area contributed by atoms with Crippen molar-refractivity contribution >= 4 is 17.4 Å². The van der Waals surface area contributed by atoms with Gasteiger partial charge in [-0.05, 0) is 19.1 Å². The molecule has 8 nitrogen and oxygen atoms in total. The SMILES string of the molecule is CC(CNc1ncc([N+](=O)[O-])cc1C(N)=O)Oc1ccccc1. The first-order valence-corrected chi connectivity index (χ1v) is 6.87. The van der Waals surface area contributed by atoms with E-state index in [4.69, 9.17) is 10.5 Å². The van der Waals surface area contributed by atoms with Crippen molar-refractivity contribution in [3.05, 3.63) is 58.3 Å². The van der Waals surface area contributed by atoms with Gasteiger partial charge < -0.3 is 15.8 Å². The number of hydrogen-bond donors (Lipinski definition) is 2. The van der Waals surface area contributed by atoms with Crippen LogP contribution in [-0.4, -0.2) is 28.5 Å². The largest absolute Gasteiger partial charge is 0.489 e. The summed E-state index contributed by atoms with van der Waals surface area (Å²) in [6.45, 7) is 2.19. The molecule has 0 saturated heterocycles. The monoisotopic (exact) mass is 316 g/mol. The van der Waals surface area contributed by atoms with Gasteiger partial charge in [0.05, 0.1) is 17.0 Å². The van der Waals surface area contributed by atoms with Crippen molar-refractivity contribution in [1.82, 2.24) is 4.98 Å². The van der Waals surface area contributed by atoms with Gasteiger partial charge >= 0.3 is 0 Å². The predicted molar refractivity (Wildman–Crippen MR) is 84.4 cm³/mol. The lowest BCUT2D eigenvalue weighted by Gasteiger charge is -2.16. The molecule has 0 bridgehead atoms. The first-order valence-electron chi connectivity index (χ1n) is 6.87. The van der Waals surface area contributed by atoms with E-state index in [9.17, 15) is 14.9 Å². The zero-order valence-corrected chi connectivity index (χ0v) is 12.4. The molecule has 0 spiro atoms. The minimum Gasteiger partial charge on any atom is -0.489 e. The Morgan fingerprint density at radius 3 is 2.74 bits per heavy atom. The molecular formula is C15H16N4O4. The molecule has 0 saturated carbocycles. The summed E-state index contributed by atoms with van der Waals surface area (Å²) in [5, 5.41) is 13.7. The van der Waals surface area contributed by atoms with E-state index in [1.54, 1.807) is 0 Å². The fourth-order valence-electron chi connectivity index (χ4n) is 1.90. The number of rotatable bonds is 7. The first kappa shape index (κ1) is 16.2. The molecule has 2 rings (SSSR count). The number of nitrogens with two attached hydrogens (primary N) is 1. The van der Waals surface area contributed by atoms with Crippen molar-refractivity contribution in [2.24, 2.45) is 5.73 Å². The Morgan fingerprint density at radius 1 is 1.43 bits per heavy atom. The van der Waals surface area contributed by atoms with Crippen molar-refractivity contribution in [2.45, 2.75) is 13.0 Å². The van der Waals surface area contributed by atoms with Crippen molar-refractivity contribution < 1.29 is 14.5 Å². The maximum atomic E-state index is 11.4. The van der Waals surface area contributed by atoms with E-state index in [1.807, 2.05) is 37.3 Å². The third-order valence-corrected chi connectivity index (χ3v) is 2.99. The molecule has 3 N–H and O–H groups in total. The second kappa shape index (κ2) is 7.21. The lowest BCUT2D eigenvalue weighted by atomic mass is 10.2. The van der Waals surface area contributed by atoms with Crippen LogP contribution in [0, 0.1) is 10.1 Å². The fraction of sp³-hybridized carbons (Fsp3) is 0.200. The van der Waals surface area contributed by atoms with Crippen LogP contribution in [0.15, 0.2) is 42.6 Å². The Hall–Kier alpha value is -3.16. The smallest absolute Gasteiger partial charge is 0.288 e. The molecule has 1 atom stereocenters. The average Bonchev–Trinajstić information content (AvgIpc) is 2.53. The van der Waals surface area contributed by atoms with Gasteiger partial charge in [-0.1, -0.05) is 18.2 Å². The van der Waals surface area contributed by atoms with Crippen LogP contribution in [0.5, 0.6) is 5.75 Å². The van der Waals surface area contributed by atoms with E-state index in [-0.39, 0.29) is 23.2 Å². The summed E-state index contributed by atoms with van der Waals surface area (Å²) in [7, 11) is 0. The third-order valence-electron chi connectivity index (χ3n) is 2.99. The molecule has 0 aliphatic carbocycles. The second-order valence-electron chi connectivity index (χ2n) is 4.83. The highest BCUT2D eigenvalue weighted by Crippen LogP contribution is 2.19. The topological polar surface area (TPSA) is 120 Å². The minimum atomic E-state index is -0.791. The van der Waals surface area contributed by atoms with E-state index < -0.39 is 10.8 Å². The van der Waals surface area contributed by atoms with Crippen LogP contribution in [0.2, 0.25) is 0 Å². The minimum absolute atomic E-state index is 0.0360. The Balaban J connectivity index is 2.05. The van der Waals surface area contributed by atoms with E-state index in [2.05, 4.69) is 10.3 Å². The lowest BCUT2D eigenvalue weighted by molar-refractivity contribution is -0.385. The average molecular weight is 316 g/mol. The molecule has 120 valence electrons. The number of benzene rings is 1. The maximum Gasteiger partial charge on any atom is 0.288 e. The number of ether oxygens (including phenoxy) is 1. The van der Waals surface area contributed by atoms with Gasteiger partial charge in [-0.25, -0.2) is 4.98 Å².